The second kappa shape index (κ2) is 11.2. The van der Waals surface area contributed by atoms with Gasteiger partial charge >= 0.3 is 0 Å². The van der Waals surface area contributed by atoms with Crippen LogP contribution in [-0.2, 0) is 10.0 Å². The van der Waals surface area contributed by atoms with E-state index in [1.807, 2.05) is 0 Å². The molecule has 0 fully saturated rings. The number of hydrogen-bond acceptors (Lipinski definition) is 2. The molecule has 0 aliphatic rings. The Balaban J connectivity index is 2.36. The first-order chi connectivity index (χ1) is 10.9. The molecule has 0 aliphatic heterocycles. The van der Waals surface area contributed by atoms with Crippen molar-refractivity contribution < 1.29 is 8.42 Å². The van der Waals surface area contributed by atoms with E-state index < -0.39 is 10.0 Å². The molecule has 0 spiro atoms. The van der Waals surface area contributed by atoms with E-state index >= 15 is 0 Å². The smallest absolute Gasteiger partial charge is 0.211 e. The second-order valence-corrected chi connectivity index (χ2v) is 9.72. The van der Waals surface area contributed by atoms with Crippen LogP contribution in [0, 0.1) is 0 Å². The molecule has 0 unspecified atom stereocenters. The minimum absolute atomic E-state index is 0.257. The fourth-order valence-corrected chi connectivity index (χ4v) is 5.47. The molecule has 0 aliphatic carbocycles. The lowest BCUT2D eigenvalue weighted by Crippen LogP contribution is -2.25. The maximum Gasteiger partial charge on any atom is 0.241 e. The van der Waals surface area contributed by atoms with E-state index in [9.17, 15) is 8.42 Å². The third-order valence-electron chi connectivity index (χ3n) is 3.61. The van der Waals surface area contributed by atoms with E-state index in [-0.39, 0.29) is 4.90 Å². The number of sulfonamides is 1. The molecule has 0 saturated heterocycles. The van der Waals surface area contributed by atoms with E-state index in [0.29, 0.717) is 15.5 Å². The van der Waals surface area contributed by atoms with Crippen molar-refractivity contribution in [1.82, 2.24) is 4.72 Å². The van der Waals surface area contributed by atoms with Crippen LogP contribution in [0.2, 0.25) is 0 Å². The summed E-state index contributed by atoms with van der Waals surface area (Å²) in [7, 11) is -3.48. The molecule has 0 radical (unpaired) electrons. The summed E-state index contributed by atoms with van der Waals surface area (Å²) in [6, 6.07) is 3.31. The van der Waals surface area contributed by atoms with Crippen molar-refractivity contribution in [2.75, 3.05) is 6.54 Å². The monoisotopic (exact) mass is 531 g/mol. The number of rotatable bonds is 11. The predicted octanol–water partition coefficient (Wildman–Crippen LogP) is 6.39. The van der Waals surface area contributed by atoms with Gasteiger partial charge in [0.05, 0.1) is 9.37 Å². The summed E-state index contributed by atoms with van der Waals surface area (Å²) in [6.07, 6.45) is 9.56. The lowest BCUT2D eigenvalue weighted by molar-refractivity contribution is 0.558. The van der Waals surface area contributed by atoms with Crippen molar-refractivity contribution in [1.29, 1.82) is 0 Å². The van der Waals surface area contributed by atoms with Gasteiger partial charge in [-0.3, -0.25) is 0 Å². The molecule has 0 heterocycles. The number of halogens is 3. The van der Waals surface area contributed by atoms with Crippen LogP contribution in [0.4, 0.5) is 0 Å². The summed E-state index contributed by atoms with van der Waals surface area (Å²) in [5, 5.41) is 0. The normalized spacial score (nSPS) is 11.8. The highest BCUT2D eigenvalue weighted by Crippen LogP contribution is 2.35. The second-order valence-electron chi connectivity index (χ2n) is 5.55. The third-order valence-corrected chi connectivity index (χ3v) is 8.75. The van der Waals surface area contributed by atoms with Gasteiger partial charge in [-0.1, -0.05) is 51.9 Å². The average molecular weight is 534 g/mol. The minimum atomic E-state index is -3.48. The van der Waals surface area contributed by atoms with Crippen molar-refractivity contribution in [2.45, 2.75) is 63.2 Å². The number of unbranched alkanes of at least 4 members (excludes halogenated alkanes) is 7. The molecule has 0 bridgehead atoms. The van der Waals surface area contributed by atoms with E-state index in [1.54, 1.807) is 12.1 Å². The Morgan fingerprint density at radius 1 is 0.870 bits per heavy atom. The van der Waals surface area contributed by atoms with Crippen molar-refractivity contribution in [2.24, 2.45) is 0 Å². The van der Waals surface area contributed by atoms with Gasteiger partial charge in [0, 0.05) is 15.5 Å². The van der Waals surface area contributed by atoms with Crippen LogP contribution < -0.4 is 4.72 Å². The zero-order chi connectivity index (χ0) is 17.3. The standard InChI is InChI=1S/C16H24Br3NO2S/c1-2-3-4-5-6-7-8-9-12-20-23(21,22)14-11-10-13(17)15(18)16(14)19/h10-11,20H,2-9,12H2,1H3. The number of benzene rings is 1. The molecule has 23 heavy (non-hydrogen) atoms. The van der Waals surface area contributed by atoms with Crippen molar-refractivity contribution in [3.63, 3.8) is 0 Å². The lowest BCUT2D eigenvalue weighted by Gasteiger charge is -2.10. The van der Waals surface area contributed by atoms with E-state index in [2.05, 4.69) is 59.4 Å². The molecule has 0 saturated carbocycles. The fourth-order valence-electron chi connectivity index (χ4n) is 2.26. The molecule has 0 amide bonds. The molecule has 1 aromatic carbocycles. The highest BCUT2D eigenvalue weighted by molar-refractivity contribution is 9.14. The molecule has 3 nitrogen and oxygen atoms in total. The molecule has 0 atom stereocenters. The van der Waals surface area contributed by atoms with Crippen molar-refractivity contribution >= 4 is 57.8 Å². The van der Waals surface area contributed by atoms with Crippen LogP contribution >= 0.6 is 47.8 Å². The minimum Gasteiger partial charge on any atom is -0.211 e. The van der Waals surface area contributed by atoms with Gasteiger partial charge < -0.3 is 0 Å². The van der Waals surface area contributed by atoms with Crippen molar-refractivity contribution in [3.8, 4) is 0 Å². The Morgan fingerprint density at radius 3 is 2.04 bits per heavy atom. The Morgan fingerprint density at radius 2 is 1.43 bits per heavy atom. The SMILES string of the molecule is CCCCCCCCCCNS(=O)(=O)c1ccc(Br)c(Br)c1Br. The Labute approximate surface area is 165 Å². The third kappa shape index (κ3) is 7.55. The van der Waals surface area contributed by atoms with E-state index in [0.717, 1.165) is 17.3 Å². The van der Waals surface area contributed by atoms with E-state index in [4.69, 9.17) is 0 Å². The molecular formula is C16H24Br3NO2S. The topological polar surface area (TPSA) is 46.2 Å². The molecule has 1 aromatic rings. The average Bonchev–Trinajstić information content (AvgIpc) is 2.50. The first-order valence-electron chi connectivity index (χ1n) is 8.03. The van der Waals surface area contributed by atoms with Crippen LogP contribution in [-0.4, -0.2) is 15.0 Å². The van der Waals surface area contributed by atoms with E-state index in [1.165, 1.54) is 38.5 Å². The van der Waals surface area contributed by atoms with Gasteiger partial charge in [0.1, 0.15) is 0 Å². The van der Waals surface area contributed by atoms with Gasteiger partial charge in [-0.05, 0) is 66.3 Å². The Bertz CT molecular complexity index is 591. The zero-order valence-corrected chi connectivity index (χ0v) is 19.0. The van der Waals surface area contributed by atoms with Crippen LogP contribution in [0.3, 0.4) is 0 Å². The molecule has 132 valence electrons. The maximum atomic E-state index is 12.3. The van der Waals surface area contributed by atoms with Crippen LogP contribution in [0.5, 0.6) is 0 Å². The van der Waals surface area contributed by atoms with Gasteiger partial charge in [0.2, 0.25) is 10.0 Å². The Kier molecular flexibility index (Phi) is 10.6. The van der Waals surface area contributed by atoms with Crippen LogP contribution in [0.25, 0.3) is 0 Å². The van der Waals surface area contributed by atoms with Gasteiger partial charge in [0.25, 0.3) is 0 Å². The lowest BCUT2D eigenvalue weighted by atomic mass is 10.1. The zero-order valence-electron chi connectivity index (χ0n) is 13.4. The molecule has 0 aromatic heterocycles. The van der Waals surface area contributed by atoms with Gasteiger partial charge in [-0.2, -0.15) is 0 Å². The summed E-state index contributed by atoms with van der Waals surface area (Å²) in [5.74, 6) is 0. The van der Waals surface area contributed by atoms with Gasteiger partial charge in [0.15, 0.2) is 0 Å². The molecular weight excluding hydrogens is 510 g/mol. The largest absolute Gasteiger partial charge is 0.241 e. The molecule has 7 heteroatoms. The number of nitrogens with one attached hydrogen (secondary N) is 1. The van der Waals surface area contributed by atoms with Crippen LogP contribution in [0.15, 0.2) is 30.4 Å². The summed E-state index contributed by atoms with van der Waals surface area (Å²) >= 11 is 10.1. The highest BCUT2D eigenvalue weighted by atomic mass is 79.9. The first-order valence-corrected chi connectivity index (χ1v) is 11.9. The number of hydrogen-bond donors (Lipinski definition) is 1. The molecule has 1 N–H and O–H groups in total. The van der Waals surface area contributed by atoms with Gasteiger partial charge in [-0.15, -0.1) is 0 Å². The fraction of sp³-hybridized carbons (Fsp3) is 0.625. The highest BCUT2D eigenvalue weighted by Gasteiger charge is 2.19. The predicted molar refractivity (Wildman–Crippen MR) is 107 cm³/mol. The van der Waals surface area contributed by atoms with Crippen molar-refractivity contribution in [3.05, 3.63) is 25.6 Å². The summed E-state index contributed by atoms with van der Waals surface area (Å²) in [5.41, 5.74) is 0. The Hall–Kier alpha value is 0.570. The summed E-state index contributed by atoms with van der Waals surface area (Å²) < 4.78 is 29.4. The first kappa shape index (κ1) is 21.6. The summed E-state index contributed by atoms with van der Waals surface area (Å²) in [6.45, 7) is 2.70. The summed E-state index contributed by atoms with van der Waals surface area (Å²) in [4.78, 5) is 0.257. The molecule has 1 rings (SSSR count). The maximum absolute atomic E-state index is 12.3. The van der Waals surface area contributed by atoms with Gasteiger partial charge in [-0.25, -0.2) is 13.1 Å². The quantitative estimate of drug-likeness (QED) is 0.264. The van der Waals surface area contributed by atoms with Crippen LogP contribution in [0.1, 0.15) is 58.3 Å².